The Bertz CT molecular complexity index is 1240. The summed E-state index contributed by atoms with van der Waals surface area (Å²) < 4.78 is 0. The van der Waals surface area contributed by atoms with Crippen LogP contribution in [-0.4, -0.2) is 43.3 Å². The predicted octanol–water partition coefficient (Wildman–Crippen LogP) is 4.94. The van der Waals surface area contributed by atoms with Gasteiger partial charge in [-0.3, -0.25) is 14.4 Å². The van der Waals surface area contributed by atoms with Gasteiger partial charge in [0.05, 0.1) is 0 Å². The molecule has 35 heavy (non-hydrogen) atoms. The molecule has 0 aliphatic carbocycles. The summed E-state index contributed by atoms with van der Waals surface area (Å²) in [5.41, 5.74) is 4.24. The Morgan fingerprint density at radius 3 is 2.31 bits per heavy atom. The second kappa shape index (κ2) is 10.5. The summed E-state index contributed by atoms with van der Waals surface area (Å²) >= 11 is 0. The zero-order valence-corrected chi connectivity index (χ0v) is 20.2. The minimum Gasteiger partial charge on any atom is -0.326 e. The van der Waals surface area contributed by atoms with Crippen LogP contribution in [0.3, 0.4) is 0 Å². The Kier molecular flexibility index (Phi) is 7.27. The highest BCUT2D eigenvalue weighted by molar-refractivity contribution is 6.08. The summed E-state index contributed by atoms with van der Waals surface area (Å²) in [7, 11) is 4.14. The first-order valence-corrected chi connectivity index (χ1v) is 11.7. The molecular weight excluding hydrogens is 440 g/mol. The van der Waals surface area contributed by atoms with Crippen molar-refractivity contribution in [3.8, 4) is 0 Å². The van der Waals surface area contributed by atoms with Crippen molar-refractivity contribution in [1.29, 1.82) is 0 Å². The van der Waals surface area contributed by atoms with Crippen LogP contribution in [0.15, 0.2) is 72.8 Å². The number of rotatable bonds is 5. The van der Waals surface area contributed by atoms with E-state index in [0.717, 1.165) is 24.1 Å². The van der Waals surface area contributed by atoms with Gasteiger partial charge in [-0.2, -0.15) is 0 Å². The molecule has 0 fully saturated rings. The van der Waals surface area contributed by atoms with E-state index in [1.807, 2.05) is 23.1 Å². The third-order valence-corrected chi connectivity index (χ3v) is 6.15. The highest BCUT2D eigenvalue weighted by Gasteiger charge is 2.27. The van der Waals surface area contributed by atoms with Crippen molar-refractivity contribution in [2.24, 2.45) is 0 Å². The minimum absolute atomic E-state index is 0.0576. The van der Waals surface area contributed by atoms with Crippen molar-refractivity contribution in [2.45, 2.75) is 25.8 Å². The monoisotopic (exact) mass is 470 g/mol. The first kappa shape index (κ1) is 24.2. The lowest BCUT2D eigenvalue weighted by Gasteiger charge is -2.27. The Morgan fingerprint density at radius 2 is 1.60 bits per heavy atom. The van der Waals surface area contributed by atoms with Crippen LogP contribution in [0.25, 0.3) is 0 Å². The number of fused-ring (bicyclic) bond motifs is 1. The van der Waals surface area contributed by atoms with E-state index in [2.05, 4.69) is 35.7 Å². The number of nitrogens with one attached hydrogen (secondary N) is 2. The van der Waals surface area contributed by atoms with Gasteiger partial charge in [0.25, 0.3) is 11.8 Å². The maximum Gasteiger partial charge on any atom is 0.258 e. The number of para-hydroxylation sites is 1. The third-order valence-electron chi connectivity index (χ3n) is 6.15. The summed E-state index contributed by atoms with van der Waals surface area (Å²) in [6.07, 6.45) is 1.90. The van der Waals surface area contributed by atoms with Crippen molar-refractivity contribution in [3.63, 3.8) is 0 Å². The van der Waals surface area contributed by atoms with Gasteiger partial charge in [0, 0.05) is 47.7 Å². The molecule has 0 saturated heterocycles. The molecule has 0 radical (unpaired) electrons. The molecule has 1 heterocycles. The van der Waals surface area contributed by atoms with E-state index in [4.69, 9.17) is 0 Å². The highest BCUT2D eigenvalue weighted by Crippen LogP contribution is 2.36. The maximum atomic E-state index is 13.5. The number of carbonyl (C=O) groups is 3. The van der Waals surface area contributed by atoms with E-state index in [9.17, 15) is 14.4 Å². The fourth-order valence-electron chi connectivity index (χ4n) is 4.48. The molecule has 2 N–H and O–H groups in total. The number of hydrogen-bond donors (Lipinski definition) is 2. The van der Waals surface area contributed by atoms with Gasteiger partial charge >= 0.3 is 0 Å². The number of anilines is 3. The van der Waals surface area contributed by atoms with E-state index in [-0.39, 0.29) is 23.8 Å². The Balaban J connectivity index is 1.50. The smallest absolute Gasteiger partial charge is 0.258 e. The van der Waals surface area contributed by atoms with Gasteiger partial charge in [-0.15, -0.1) is 0 Å². The molecular formula is C28H30N4O3. The average Bonchev–Trinajstić information content (AvgIpc) is 3.04. The van der Waals surface area contributed by atoms with E-state index < -0.39 is 0 Å². The highest BCUT2D eigenvalue weighted by atomic mass is 16.2. The number of benzene rings is 3. The van der Waals surface area contributed by atoms with Crippen LogP contribution in [0.4, 0.5) is 17.1 Å². The molecule has 3 amide bonds. The lowest BCUT2D eigenvalue weighted by molar-refractivity contribution is -0.114. The fraction of sp³-hybridized carbons (Fsp3) is 0.250. The van der Waals surface area contributed by atoms with Gasteiger partial charge in [-0.25, -0.2) is 0 Å². The summed E-state index contributed by atoms with van der Waals surface area (Å²) in [6, 6.07) is 22.0. The Hall–Kier alpha value is -3.97. The zero-order valence-electron chi connectivity index (χ0n) is 20.2. The van der Waals surface area contributed by atoms with Crippen LogP contribution < -0.4 is 15.5 Å². The number of hydrogen-bond acceptors (Lipinski definition) is 4. The van der Waals surface area contributed by atoms with Crippen molar-refractivity contribution in [1.82, 2.24) is 4.90 Å². The van der Waals surface area contributed by atoms with Crippen molar-refractivity contribution < 1.29 is 14.4 Å². The number of nitrogens with zero attached hydrogens (tertiary/aromatic N) is 2. The minimum atomic E-state index is -0.299. The van der Waals surface area contributed by atoms with Crippen molar-refractivity contribution in [2.75, 3.05) is 36.2 Å². The van der Waals surface area contributed by atoms with E-state index in [0.29, 0.717) is 29.0 Å². The molecule has 1 aliphatic rings. The summed E-state index contributed by atoms with van der Waals surface area (Å²) in [6.45, 7) is 2.07. The van der Waals surface area contributed by atoms with Crippen LogP contribution in [0, 0.1) is 0 Å². The maximum absolute atomic E-state index is 13.5. The van der Waals surface area contributed by atoms with Gasteiger partial charge in [0.1, 0.15) is 0 Å². The van der Waals surface area contributed by atoms with Gasteiger partial charge in [-0.05, 0) is 81.0 Å². The molecule has 3 aromatic rings. The van der Waals surface area contributed by atoms with Gasteiger partial charge < -0.3 is 20.4 Å². The van der Waals surface area contributed by atoms with Crippen LogP contribution >= 0.6 is 0 Å². The third kappa shape index (κ3) is 5.58. The van der Waals surface area contributed by atoms with Crippen LogP contribution in [0.1, 0.15) is 52.1 Å². The SMILES string of the molecule is CC(=O)Nc1cccc(C(=O)Nc2ccc(C(=O)N3CCCC(N(C)C)c4ccccc43)cc2)c1. The van der Waals surface area contributed by atoms with Gasteiger partial charge in [0.2, 0.25) is 5.91 Å². The molecule has 1 aliphatic heterocycles. The molecule has 7 nitrogen and oxygen atoms in total. The molecule has 3 aromatic carbocycles. The quantitative estimate of drug-likeness (QED) is 0.553. The van der Waals surface area contributed by atoms with Crippen LogP contribution in [0.5, 0.6) is 0 Å². The largest absolute Gasteiger partial charge is 0.326 e. The molecule has 180 valence electrons. The first-order chi connectivity index (χ1) is 16.8. The average molecular weight is 471 g/mol. The Labute approximate surface area is 205 Å². The van der Waals surface area contributed by atoms with Crippen molar-refractivity contribution in [3.05, 3.63) is 89.5 Å². The molecule has 1 atom stereocenters. The first-order valence-electron chi connectivity index (χ1n) is 11.7. The molecule has 0 spiro atoms. The lowest BCUT2D eigenvalue weighted by Crippen LogP contribution is -2.31. The topological polar surface area (TPSA) is 81.8 Å². The van der Waals surface area contributed by atoms with Crippen molar-refractivity contribution >= 4 is 34.8 Å². The van der Waals surface area contributed by atoms with E-state index >= 15 is 0 Å². The number of amides is 3. The zero-order chi connectivity index (χ0) is 24.9. The summed E-state index contributed by atoms with van der Waals surface area (Å²) in [5.74, 6) is -0.558. The van der Waals surface area contributed by atoms with Gasteiger partial charge in [0.15, 0.2) is 0 Å². The van der Waals surface area contributed by atoms with Crippen LogP contribution in [-0.2, 0) is 4.79 Å². The number of carbonyl (C=O) groups excluding carboxylic acids is 3. The van der Waals surface area contributed by atoms with E-state index in [1.54, 1.807) is 48.5 Å². The molecule has 0 saturated carbocycles. The van der Waals surface area contributed by atoms with Crippen LogP contribution in [0.2, 0.25) is 0 Å². The Morgan fingerprint density at radius 1 is 0.857 bits per heavy atom. The lowest BCUT2D eigenvalue weighted by atomic mass is 10.0. The molecule has 0 aromatic heterocycles. The fourth-order valence-corrected chi connectivity index (χ4v) is 4.48. The molecule has 1 unspecified atom stereocenters. The second-order valence-electron chi connectivity index (χ2n) is 8.93. The normalized spacial score (nSPS) is 15.2. The summed E-state index contributed by atoms with van der Waals surface area (Å²) in [4.78, 5) is 41.5. The summed E-state index contributed by atoms with van der Waals surface area (Å²) in [5, 5.41) is 5.52. The second-order valence-corrected chi connectivity index (χ2v) is 8.93. The molecule has 4 rings (SSSR count). The predicted molar refractivity (Wildman–Crippen MR) is 139 cm³/mol. The molecule has 7 heteroatoms. The van der Waals surface area contributed by atoms with Gasteiger partial charge in [-0.1, -0.05) is 24.3 Å². The molecule has 0 bridgehead atoms. The van der Waals surface area contributed by atoms with E-state index in [1.165, 1.54) is 6.92 Å². The standard InChI is InChI=1S/C28H30N4O3/c1-19(33)29-23-9-6-8-21(18-23)27(34)30-22-15-13-20(14-16-22)28(35)32-17-7-12-25(31(2)3)24-10-4-5-11-26(24)32/h4-6,8-11,13-16,18,25H,7,12,17H2,1-3H3,(H,29,33)(H,30,34).